The molecular formula is C26H26FN7O2. The summed E-state index contributed by atoms with van der Waals surface area (Å²) in [5.41, 5.74) is 3.98. The van der Waals surface area contributed by atoms with Gasteiger partial charge in [0, 0.05) is 61.2 Å². The SMILES string of the molecule is CN1CCN(c2ccc(-c3cc4c(n5cnnc35)NCc3c(F)ccc5c3[C@@H](CO5)CO4)cn2)CC1. The van der Waals surface area contributed by atoms with Crippen molar-refractivity contribution in [3.8, 4) is 22.6 Å². The number of nitrogens with one attached hydrogen (secondary N) is 1. The number of halogens is 1. The smallest absolute Gasteiger partial charge is 0.170 e. The van der Waals surface area contributed by atoms with Crippen LogP contribution >= 0.6 is 0 Å². The maximum Gasteiger partial charge on any atom is 0.170 e. The molecule has 3 aliphatic heterocycles. The first-order chi connectivity index (χ1) is 17.7. The van der Waals surface area contributed by atoms with Gasteiger partial charge in [0.15, 0.2) is 17.2 Å². The number of hydrogen-bond acceptors (Lipinski definition) is 8. The van der Waals surface area contributed by atoms with Crippen LogP contribution in [0.1, 0.15) is 17.0 Å². The van der Waals surface area contributed by atoms with E-state index in [1.807, 2.05) is 16.7 Å². The van der Waals surface area contributed by atoms with E-state index < -0.39 is 0 Å². The van der Waals surface area contributed by atoms with Gasteiger partial charge in [-0.2, -0.15) is 0 Å². The Balaban J connectivity index is 1.26. The standard InChI is InChI=1S/C26H26FN7O2/c1-32-6-8-33(9-7-32)23-5-2-16(11-28-23)18-10-22-26(34-15-30-31-25(18)34)29-12-19-20(27)3-4-21-24(19)17(13-35-21)14-36-22/h2-5,10-11,15,17,29H,6-9,12-14H2,1H3/t17-/m0/s1. The van der Waals surface area contributed by atoms with E-state index in [9.17, 15) is 4.39 Å². The molecule has 36 heavy (non-hydrogen) atoms. The Morgan fingerprint density at radius 3 is 2.67 bits per heavy atom. The minimum Gasteiger partial charge on any atom is -0.493 e. The summed E-state index contributed by atoms with van der Waals surface area (Å²) < 4.78 is 28.8. The van der Waals surface area contributed by atoms with Gasteiger partial charge in [-0.15, -0.1) is 10.2 Å². The van der Waals surface area contributed by atoms with Crippen molar-refractivity contribution in [3.05, 3.63) is 59.8 Å². The highest BCUT2D eigenvalue weighted by Gasteiger charge is 2.31. The molecule has 184 valence electrons. The molecule has 6 heterocycles. The highest BCUT2D eigenvalue weighted by Crippen LogP contribution is 2.41. The summed E-state index contributed by atoms with van der Waals surface area (Å²) in [6.45, 7) is 5.14. The average Bonchev–Trinajstić information content (AvgIpc) is 3.56. The highest BCUT2D eigenvalue weighted by atomic mass is 19.1. The van der Waals surface area contributed by atoms with Crippen LogP contribution < -0.4 is 19.7 Å². The van der Waals surface area contributed by atoms with Gasteiger partial charge < -0.3 is 24.6 Å². The van der Waals surface area contributed by atoms with Crippen LogP contribution in [0.2, 0.25) is 0 Å². The second-order valence-electron chi connectivity index (χ2n) is 9.60. The molecule has 1 fully saturated rings. The van der Waals surface area contributed by atoms with Gasteiger partial charge in [0.2, 0.25) is 0 Å². The number of likely N-dealkylation sites (N-methyl/N-ethyl adjacent to an activating group) is 1. The molecule has 10 heteroatoms. The molecule has 0 amide bonds. The lowest BCUT2D eigenvalue weighted by molar-refractivity contribution is 0.249. The van der Waals surface area contributed by atoms with Crippen molar-refractivity contribution < 1.29 is 13.9 Å². The molecule has 1 atom stereocenters. The molecule has 0 unspecified atom stereocenters. The number of hydrogen-bond donors (Lipinski definition) is 1. The lowest BCUT2D eigenvalue weighted by Crippen LogP contribution is -2.44. The van der Waals surface area contributed by atoms with Crippen molar-refractivity contribution in [3.63, 3.8) is 0 Å². The first kappa shape index (κ1) is 21.4. The van der Waals surface area contributed by atoms with Crippen LogP contribution in [0.3, 0.4) is 0 Å². The Morgan fingerprint density at radius 2 is 1.86 bits per heavy atom. The maximum atomic E-state index is 14.8. The number of aromatic nitrogens is 4. The van der Waals surface area contributed by atoms with Crippen molar-refractivity contribution in [1.29, 1.82) is 0 Å². The fourth-order valence-corrected chi connectivity index (χ4v) is 5.37. The second-order valence-corrected chi connectivity index (χ2v) is 9.60. The number of benzene rings is 1. The molecule has 1 aromatic carbocycles. The summed E-state index contributed by atoms with van der Waals surface area (Å²) in [5.74, 6) is 2.77. The molecule has 1 N–H and O–H groups in total. The largest absolute Gasteiger partial charge is 0.493 e. The molecule has 0 saturated carbocycles. The van der Waals surface area contributed by atoms with E-state index in [4.69, 9.17) is 14.5 Å². The third-order valence-corrected chi connectivity index (χ3v) is 7.41. The first-order valence-electron chi connectivity index (χ1n) is 12.2. The Labute approximate surface area is 207 Å². The van der Waals surface area contributed by atoms with Crippen LogP contribution in [-0.4, -0.2) is 70.9 Å². The number of rotatable bonds is 2. The third kappa shape index (κ3) is 3.43. The van der Waals surface area contributed by atoms with Gasteiger partial charge in [-0.05, 0) is 37.4 Å². The van der Waals surface area contributed by atoms with Crippen LogP contribution in [0.15, 0.2) is 42.9 Å². The topological polar surface area (TPSA) is 80.1 Å². The Hall–Kier alpha value is -3.92. The van der Waals surface area contributed by atoms with Crippen molar-refractivity contribution in [2.45, 2.75) is 12.5 Å². The van der Waals surface area contributed by atoms with E-state index in [0.717, 1.165) is 54.4 Å². The summed E-state index contributed by atoms with van der Waals surface area (Å²) in [6, 6.07) is 9.28. The number of anilines is 2. The number of fused-ring (bicyclic) bond motifs is 3. The number of piperazine rings is 1. The van der Waals surface area contributed by atoms with E-state index in [1.165, 1.54) is 6.07 Å². The minimum atomic E-state index is -0.247. The first-order valence-corrected chi connectivity index (χ1v) is 12.2. The van der Waals surface area contributed by atoms with Gasteiger partial charge in [0.1, 0.15) is 23.7 Å². The predicted octanol–water partition coefficient (Wildman–Crippen LogP) is 3.16. The monoisotopic (exact) mass is 487 g/mol. The summed E-state index contributed by atoms with van der Waals surface area (Å²) in [5, 5.41) is 11.9. The maximum absolute atomic E-state index is 14.8. The zero-order valence-corrected chi connectivity index (χ0v) is 19.9. The summed E-state index contributed by atoms with van der Waals surface area (Å²) >= 11 is 0. The van der Waals surface area contributed by atoms with Crippen molar-refractivity contribution in [2.75, 3.05) is 56.7 Å². The lowest BCUT2D eigenvalue weighted by Gasteiger charge is -2.33. The predicted molar refractivity (Wildman–Crippen MR) is 133 cm³/mol. The van der Waals surface area contributed by atoms with Gasteiger partial charge >= 0.3 is 0 Å². The minimum absolute atomic E-state index is 0.0388. The zero-order chi connectivity index (χ0) is 24.2. The fraction of sp³-hybridized carbons (Fsp3) is 0.346. The molecule has 3 aliphatic rings. The summed E-state index contributed by atoms with van der Waals surface area (Å²) in [4.78, 5) is 9.39. The average molecular weight is 488 g/mol. The van der Waals surface area contributed by atoms with E-state index in [-0.39, 0.29) is 11.7 Å². The van der Waals surface area contributed by atoms with E-state index in [1.54, 1.807) is 12.4 Å². The van der Waals surface area contributed by atoms with E-state index in [0.29, 0.717) is 42.5 Å². The van der Waals surface area contributed by atoms with Gasteiger partial charge in [-0.1, -0.05) is 0 Å². The van der Waals surface area contributed by atoms with Crippen LogP contribution in [-0.2, 0) is 6.54 Å². The van der Waals surface area contributed by atoms with Crippen LogP contribution in [0, 0.1) is 5.82 Å². The van der Waals surface area contributed by atoms with Gasteiger partial charge in [-0.25, -0.2) is 9.37 Å². The Kier molecular flexibility index (Phi) is 4.95. The van der Waals surface area contributed by atoms with Crippen molar-refractivity contribution >= 4 is 17.3 Å². The number of ether oxygens (including phenoxy) is 2. The second kappa shape index (κ2) is 8.34. The number of nitrogens with zero attached hydrogens (tertiary/aromatic N) is 6. The summed E-state index contributed by atoms with van der Waals surface area (Å²) in [6.07, 6.45) is 3.53. The highest BCUT2D eigenvalue weighted by molar-refractivity contribution is 5.82. The van der Waals surface area contributed by atoms with Crippen LogP contribution in [0.25, 0.3) is 16.8 Å². The molecule has 0 bridgehead atoms. The molecule has 7 rings (SSSR count). The van der Waals surface area contributed by atoms with Gasteiger partial charge in [-0.3, -0.25) is 4.40 Å². The lowest BCUT2D eigenvalue weighted by atomic mass is 9.96. The van der Waals surface area contributed by atoms with Crippen molar-refractivity contribution in [2.24, 2.45) is 0 Å². The third-order valence-electron chi connectivity index (χ3n) is 7.41. The van der Waals surface area contributed by atoms with Crippen molar-refractivity contribution in [1.82, 2.24) is 24.5 Å². The molecular weight excluding hydrogens is 461 g/mol. The van der Waals surface area contributed by atoms with E-state index >= 15 is 0 Å². The molecule has 0 aliphatic carbocycles. The Morgan fingerprint density at radius 1 is 1.03 bits per heavy atom. The molecule has 9 nitrogen and oxygen atoms in total. The molecule has 0 radical (unpaired) electrons. The quantitative estimate of drug-likeness (QED) is 0.462. The fourth-order valence-electron chi connectivity index (χ4n) is 5.37. The van der Waals surface area contributed by atoms with Crippen LogP contribution in [0.5, 0.6) is 11.5 Å². The molecule has 4 aromatic rings. The van der Waals surface area contributed by atoms with Crippen LogP contribution in [0.4, 0.5) is 16.0 Å². The van der Waals surface area contributed by atoms with Gasteiger partial charge in [0.25, 0.3) is 0 Å². The summed E-state index contributed by atoms with van der Waals surface area (Å²) in [7, 11) is 2.14. The number of pyridine rings is 2. The van der Waals surface area contributed by atoms with Gasteiger partial charge in [0.05, 0.1) is 19.1 Å². The molecule has 1 saturated heterocycles. The van der Waals surface area contributed by atoms with E-state index in [2.05, 4.69) is 44.5 Å². The molecule has 0 spiro atoms. The molecule has 3 aromatic heterocycles. The normalized spacial score (nSPS) is 19.4. The zero-order valence-electron chi connectivity index (χ0n) is 19.9. The Bertz CT molecular complexity index is 1450.